The fourth-order valence-corrected chi connectivity index (χ4v) is 3.89. The minimum absolute atomic E-state index is 0.251. The third-order valence-corrected chi connectivity index (χ3v) is 5.33. The molecule has 0 aliphatic carbocycles. The minimum atomic E-state index is -0.377. The normalized spacial score (nSPS) is 11.0. The van der Waals surface area contributed by atoms with Crippen LogP contribution in [-0.4, -0.2) is 15.7 Å². The van der Waals surface area contributed by atoms with Gasteiger partial charge in [0.05, 0.1) is 16.3 Å². The van der Waals surface area contributed by atoms with Gasteiger partial charge in [-0.1, -0.05) is 24.3 Å². The van der Waals surface area contributed by atoms with E-state index in [1.807, 2.05) is 54.9 Å². The molecular formula is C20H16FN3OS. The van der Waals surface area contributed by atoms with Crippen LogP contribution in [0.25, 0.3) is 15.9 Å². The number of nitrogens with one attached hydrogen (secondary N) is 1. The summed E-state index contributed by atoms with van der Waals surface area (Å²) in [6.07, 6.45) is 0. The van der Waals surface area contributed by atoms with E-state index in [2.05, 4.69) is 10.4 Å². The smallest absolute Gasteiger partial charge is 0.265 e. The molecule has 1 amide bonds. The van der Waals surface area contributed by atoms with Gasteiger partial charge in [0.1, 0.15) is 10.6 Å². The van der Waals surface area contributed by atoms with E-state index < -0.39 is 0 Å². The fourth-order valence-electron chi connectivity index (χ4n) is 2.82. The van der Waals surface area contributed by atoms with Crippen LogP contribution in [0.4, 0.5) is 10.1 Å². The number of para-hydroxylation sites is 1. The Morgan fingerprint density at radius 1 is 1.12 bits per heavy atom. The number of rotatable bonds is 3. The van der Waals surface area contributed by atoms with Crippen molar-refractivity contribution in [1.29, 1.82) is 0 Å². The molecule has 2 heterocycles. The predicted octanol–water partition coefficient (Wildman–Crippen LogP) is 5.10. The summed E-state index contributed by atoms with van der Waals surface area (Å²) in [6, 6.07) is 16.0. The summed E-state index contributed by atoms with van der Waals surface area (Å²) in [5.41, 5.74) is 3.10. The van der Waals surface area contributed by atoms with Gasteiger partial charge in [-0.15, -0.1) is 11.3 Å². The number of amides is 1. The van der Waals surface area contributed by atoms with E-state index in [-0.39, 0.29) is 11.7 Å². The van der Waals surface area contributed by atoms with E-state index >= 15 is 0 Å². The highest BCUT2D eigenvalue weighted by Crippen LogP contribution is 2.31. The average Bonchev–Trinajstić information content (AvgIpc) is 3.20. The zero-order valence-corrected chi connectivity index (χ0v) is 15.1. The molecule has 0 saturated heterocycles. The lowest BCUT2D eigenvalue weighted by Crippen LogP contribution is -2.11. The van der Waals surface area contributed by atoms with Crippen molar-refractivity contribution < 1.29 is 9.18 Å². The molecule has 6 heteroatoms. The highest BCUT2D eigenvalue weighted by Gasteiger charge is 2.17. The fraction of sp³-hybridized carbons (Fsp3) is 0.100. The van der Waals surface area contributed by atoms with E-state index in [0.717, 1.165) is 27.2 Å². The molecule has 0 fully saturated rings. The van der Waals surface area contributed by atoms with E-state index in [0.29, 0.717) is 10.6 Å². The first-order chi connectivity index (χ1) is 12.5. The number of fused-ring (bicyclic) bond motifs is 1. The largest absolute Gasteiger partial charge is 0.321 e. The highest BCUT2D eigenvalue weighted by molar-refractivity contribution is 7.20. The lowest BCUT2D eigenvalue weighted by atomic mass is 10.2. The van der Waals surface area contributed by atoms with Crippen LogP contribution in [0.5, 0.6) is 0 Å². The molecular weight excluding hydrogens is 349 g/mol. The molecule has 4 aromatic rings. The lowest BCUT2D eigenvalue weighted by Gasteiger charge is -2.07. The summed E-state index contributed by atoms with van der Waals surface area (Å²) in [5.74, 6) is -0.628. The number of anilines is 1. The molecule has 4 nitrogen and oxygen atoms in total. The SMILES string of the molecule is Cc1ccc(F)cc1NC(=O)c1cc2c(C)nn(-c3ccccc3)c2s1. The first kappa shape index (κ1) is 16.5. The van der Waals surface area contributed by atoms with Crippen molar-refractivity contribution in [1.82, 2.24) is 9.78 Å². The average molecular weight is 365 g/mol. The van der Waals surface area contributed by atoms with Gasteiger partial charge in [-0.3, -0.25) is 4.79 Å². The molecule has 130 valence electrons. The van der Waals surface area contributed by atoms with Gasteiger partial charge >= 0.3 is 0 Å². The van der Waals surface area contributed by atoms with Crippen LogP contribution in [0.2, 0.25) is 0 Å². The Hall–Kier alpha value is -2.99. The van der Waals surface area contributed by atoms with Gasteiger partial charge in [0.25, 0.3) is 5.91 Å². The maximum Gasteiger partial charge on any atom is 0.265 e. The van der Waals surface area contributed by atoms with Crippen LogP contribution in [0, 0.1) is 19.7 Å². The quantitative estimate of drug-likeness (QED) is 0.549. The summed E-state index contributed by atoms with van der Waals surface area (Å²) >= 11 is 1.37. The van der Waals surface area contributed by atoms with Gasteiger partial charge in [-0.25, -0.2) is 9.07 Å². The van der Waals surface area contributed by atoms with Crippen LogP contribution < -0.4 is 5.32 Å². The molecule has 2 aromatic carbocycles. The first-order valence-corrected chi connectivity index (χ1v) is 8.96. The standard InChI is InChI=1S/C20H16FN3OS/c1-12-8-9-14(21)10-17(12)22-19(25)18-11-16-13(2)23-24(20(16)26-18)15-6-4-3-5-7-15/h3-11H,1-2H3,(H,22,25). The first-order valence-electron chi connectivity index (χ1n) is 8.15. The molecule has 0 unspecified atom stereocenters. The second kappa shape index (κ2) is 6.38. The van der Waals surface area contributed by atoms with Crippen molar-refractivity contribution in [3.05, 3.63) is 76.5 Å². The van der Waals surface area contributed by atoms with Crippen molar-refractivity contribution in [2.24, 2.45) is 0 Å². The van der Waals surface area contributed by atoms with Gasteiger partial charge in [0.15, 0.2) is 0 Å². The Labute approximate surface area is 153 Å². The number of thiophene rings is 1. The summed E-state index contributed by atoms with van der Waals surface area (Å²) < 4.78 is 15.3. The van der Waals surface area contributed by atoms with Crippen molar-refractivity contribution in [3.63, 3.8) is 0 Å². The second-order valence-electron chi connectivity index (χ2n) is 6.08. The van der Waals surface area contributed by atoms with Gasteiger partial charge < -0.3 is 5.32 Å². The Bertz CT molecular complexity index is 1120. The van der Waals surface area contributed by atoms with Gasteiger partial charge in [0.2, 0.25) is 0 Å². The molecule has 0 aliphatic heterocycles. The van der Waals surface area contributed by atoms with Crippen LogP contribution in [0.1, 0.15) is 20.9 Å². The molecule has 0 saturated carbocycles. The third-order valence-electron chi connectivity index (χ3n) is 4.22. The number of halogens is 1. The maximum absolute atomic E-state index is 13.5. The minimum Gasteiger partial charge on any atom is -0.321 e. The predicted molar refractivity (Wildman–Crippen MR) is 103 cm³/mol. The molecule has 0 spiro atoms. The molecule has 4 rings (SSSR count). The molecule has 2 aromatic heterocycles. The molecule has 1 N–H and O–H groups in total. The number of hydrogen-bond donors (Lipinski definition) is 1. The Morgan fingerprint density at radius 3 is 2.65 bits per heavy atom. The highest BCUT2D eigenvalue weighted by atomic mass is 32.1. The van der Waals surface area contributed by atoms with Crippen LogP contribution in [0.15, 0.2) is 54.6 Å². The number of aryl methyl sites for hydroxylation is 2. The second-order valence-corrected chi connectivity index (χ2v) is 7.11. The lowest BCUT2D eigenvalue weighted by molar-refractivity contribution is 0.103. The summed E-state index contributed by atoms with van der Waals surface area (Å²) in [5, 5.41) is 8.32. The molecule has 26 heavy (non-hydrogen) atoms. The van der Waals surface area contributed by atoms with Crippen molar-refractivity contribution in [2.45, 2.75) is 13.8 Å². The van der Waals surface area contributed by atoms with E-state index in [1.165, 1.54) is 23.5 Å². The monoisotopic (exact) mass is 365 g/mol. The Kier molecular flexibility index (Phi) is 4.05. The van der Waals surface area contributed by atoms with E-state index in [9.17, 15) is 9.18 Å². The maximum atomic E-state index is 13.5. The number of carbonyl (C=O) groups excluding carboxylic acids is 1. The number of hydrogen-bond acceptors (Lipinski definition) is 3. The van der Waals surface area contributed by atoms with Crippen molar-refractivity contribution >= 4 is 33.1 Å². The number of aromatic nitrogens is 2. The van der Waals surface area contributed by atoms with Gasteiger partial charge in [0, 0.05) is 11.1 Å². The van der Waals surface area contributed by atoms with Gasteiger partial charge in [-0.05, 0) is 49.7 Å². The molecule has 0 atom stereocenters. The number of benzene rings is 2. The van der Waals surface area contributed by atoms with Crippen molar-refractivity contribution in [3.8, 4) is 5.69 Å². The molecule has 0 bridgehead atoms. The Morgan fingerprint density at radius 2 is 1.88 bits per heavy atom. The zero-order chi connectivity index (χ0) is 18.3. The molecule has 0 aliphatic rings. The van der Waals surface area contributed by atoms with E-state index in [1.54, 1.807) is 6.07 Å². The zero-order valence-electron chi connectivity index (χ0n) is 14.3. The summed E-state index contributed by atoms with van der Waals surface area (Å²) in [4.78, 5) is 14.1. The van der Waals surface area contributed by atoms with Crippen LogP contribution in [0.3, 0.4) is 0 Å². The molecule has 0 radical (unpaired) electrons. The number of nitrogens with zero attached hydrogens (tertiary/aromatic N) is 2. The van der Waals surface area contributed by atoms with Crippen LogP contribution in [-0.2, 0) is 0 Å². The Balaban J connectivity index is 1.71. The topological polar surface area (TPSA) is 46.9 Å². The third kappa shape index (κ3) is 2.88. The summed E-state index contributed by atoms with van der Waals surface area (Å²) in [6.45, 7) is 3.75. The van der Waals surface area contributed by atoms with Crippen LogP contribution >= 0.6 is 11.3 Å². The van der Waals surface area contributed by atoms with Crippen molar-refractivity contribution in [2.75, 3.05) is 5.32 Å². The number of carbonyl (C=O) groups is 1. The van der Waals surface area contributed by atoms with E-state index in [4.69, 9.17) is 0 Å². The summed E-state index contributed by atoms with van der Waals surface area (Å²) in [7, 11) is 0. The van der Waals surface area contributed by atoms with Gasteiger partial charge in [-0.2, -0.15) is 5.10 Å².